The second-order valence-corrected chi connectivity index (χ2v) is 11.0. The largest absolute Gasteiger partial charge is 0.493 e. The van der Waals surface area contributed by atoms with Gasteiger partial charge in [-0.3, -0.25) is 9.59 Å². The number of para-hydroxylation sites is 1. The Kier molecular flexibility index (Phi) is 11.3. The van der Waals surface area contributed by atoms with Crippen molar-refractivity contribution in [1.29, 1.82) is 0 Å². The number of likely N-dealkylation sites (N-methyl/N-ethyl adjacent to an activating group) is 2. The fraction of sp³-hybridized carbons (Fsp3) is 0.394. The molecule has 0 aliphatic carbocycles. The molecule has 0 bridgehead atoms. The van der Waals surface area contributed by atoms with E-state index >= 15 is 0 Å². The predicted octanol–water partition coefficient (Wildman–Crippen LogP) is 4.36. The molecular formula is C33H43N3O4. The van der Waals surface area contributed by atoms with Crippen molar-refractivity contribution in [3.05, 3.63) is 90.0 Å². The molecule has 0 fully saturated rings. The molecule has 0 aliphatic rings. The first kappa shape index (κ1) is 30.9. The standard InChI is InChI=1S/C33H43N3O4/c1-33(2,34)19-9-15-31(38)36(4)29(24-25-16-17-26-11-5-6-13-28(26)23-25)32(39)35(3)20-18-27-12-7-8-14-30(27)40-22-10-21-37/h5-9,11-17,23,29,37H,10,18-22,24,34H2,1-4H3. The van der Waals surface area contributed by atoms with Gasteiger partial charge in [0.25, 0.3) is 0 Å². The van der Waals surface area contributed by atoms with E-state index in [1.807, 2.05) is 62.4 Å². The Morgan fingerprint density at radius 1 is 1.02 bits per heavy atom. The molecule has 0 aliphatic heterocycles. The van der Waals surface area contributed by atoms with Gasteiger partial charge in [-0.2, -0.15) is 0 Å². The molecule has 214 valence electrons. The molecular weight excluding hydrogens is 502 g/mol. The maximum atomic E-state index is 13.8. The van der Waals surface area contributed by atoms with Gasteiger partial charge in [0.15, 0.2) is 0 Å². The zero-order valence-electron chi connectivity index (χ0n) is 24.2. The first-order valence-electron chi connectivity index (χ1n) is 13.9. The summed E-state index contributed by atoms with van der Waals surface area (Å²) in [6, 6.07) is 21.3. The predicted molar refractivity (Wildman–Crippen MR) is 161 cm³/mol. The molecule has 0 radical (unpaired) electrons. The molecule has 2 amide bonds. The van der Waals surface area contributed by atoms with Crippen molar-refractivity contribution < 1.29 is 19.4 Å². The van der Waals surface area contributed by atoms with E-state index in [1.54, 1.807) is 25.1 Å². The van der Waals surface area contributed by atoms with E-state index in [0.29, 0.717) is 38.8 Å². The molecule has 0 heterocycles. The highest BCUT2D eigenvalue weighted by Crippen LogP contribution is 2.21. The van der Waals surface area contributed by atoms with Crippen LogP contribution in [0.1, 0.15) is 37.8 Å². The maximum Gasteiger partial charge on any atom is 0.246 e. The van der Waals surface area contributed by atoms with Crippen LogP contribution in [0.4, 0.5) is 0 Å². The Balaban J connectivity index is 1.78. The van der Waals surface area contributed by atoms with Crippen molar-refractivity contribution in [1.82, 2.24) is 9.80 Å². The van der Waals surface area contributed by atoms with E-state index in [2.05, 4.69) is 18.2 Å². The number of nitrogens with two attached hydrogens (primary N) is 1. The van der Waals surface area contributed by atoms with E-state index in [4.69, 9.17) is 15.6 Å². The number of hydrogen-bond donors (Lipinski definition) is 2. The lowest BCUT2D eigenvalue weighted by Gasteiger charge is -2.31. The summed E-state index contributed by atoms with van der Waals surface area (Å²) in [5, 5.41) is 11.3. The summed E-state index contributed by atoms with van der Waals surface area (Å²) in [6.07, 6.45) is 5.39. The Bertz CT molecular complexity index is 1300. The number of aliphatic hydroxyl groups is 1. The molecule has 3 rings (SSSR count). The Hall–Kier alpha value is -3.68. The molecule has 3 N–H and O–H groups in total. The number of fused-ring (bicyclic) bond motifs is 1. The second kappa shape index (κ2) is 14.6. The van der Waals surface area contributed by atoms with Crippen LogP contribution in [0, 0.1) is 0 Å². The first-order chi connectivity index (χ1) is 19.1. The summed E-state index contributed by atoms with van der Waals surface area (Å²) in [6.45, 7) is 4.78. The molecule has 0 aromatic heterocycles. The van der Waals surface area contributed by atoms with Crippen molar-refractivity contribution >= 4 is 22.6 Å². The number of hydrogen-bond acceptors (Lipinski definition) is 5. The second-order valence-electron chi connectivity index (χ2n) is 11.0. The van der Waals surface area contributed by atoms with Crippen molar-refractivity contribution in [2.45, 2.75) is 51.1 Å². The lowest BCUT2D eigenvalue weighted by atomic mass is 9.99. The molecule has 0 saturated carbocycles. The number of nitrogens with zero attached hydrogens (tertiary/aromatic N) is 2. The third kappa shape index (κ3) is 9.21. The third-order valence-electron chi connectivity index (χ3n) is 6.87. The van der Waals surface area contributed by atoms with Gasteiger partial charge >= 0.3 is 0 Å². The molecule has 0 spiro atoms. The Labute approximate surface area is 238 Å². The van der Waals surface area contributed by atoms with Crippen molar-refractivity contribution in [2.24, 2.45) is 5.73 Å². The van der Waals surface area contributed by atoms with Crippen LogP contribution in [0.5, 0.6) is 5.75 Å². The van der Waals surface area contributed by atoms with Crippen molar-refractivity contribution in [3.8, 4) is 5.75 Å². The SMILES string of the molecule is CN(CCc1ccccc1OCCCO)C(=O)C(Cc1ccc2ccccc2c1)N(C)C(=O)C=CCC(C)(C)N. The zero-order chi connectivity index (χ0) is 29.1. The summed E-state index contributed by atoms with van der Waals surface area (Å²) < 4.78 is 5.83. The maximum absolute atomic E-state index is 13.8. The number of ether oxygens (including phenoxy) is 1. The highest BCUT2D eigenvalue weighted by atomic mass is 16.5. The van der Waals surface area contributed by atoms with Crippen molar-refractivity contribution in [2.75, 3.05) is 33.9 Å². The normalized spacial score (nSPS) is 12.4. The van der Waals surface area contributed by atoms with Gasteiger partial charge < -0.3 is 25.4 Å². The lowest BCUT2D eigenvalue weighted by molar-refractivity contribution is -0.141. The smallest absolute Gasteiger partial charge is 0.246 e. The molecule has 3 aromatic carbocycles. The number of aliphatic hydroxyl groups excluding tert-OH is 1. The van der Waals surface area contributed by atoms with Crippen LogP contribution in [0.15, 0.2) is 78.9 Å². The van der Waals surface area contributed by atoms with E-state index in [0.717, 1.165) is 27.6 Å². The molecule has 7 heteroatoms. The summed E-state index contributed by atoms with van der Waals surface area (Å²) in [5.41, 5.74) is 7.61. The van der Waals surface area contributed by atoms with Gasteiger partial charge in [0.1, 0.15) is 11.8 Å². The van der Waals surface area contributed by atoms with Crippen LogP contribution in [0.25, 0.3) is 10.8 Å². The number of benzene rings is 3. The monoisotopic (exact) mass is 545 g/mol. The van der Waals surface area contributed by atoms with Gasteiger partial charge in [0, 0.05) is 45.6 Å². The van der Waals surface area contributed by atoms with Gasteiger partial charge in [0.05, 0.1) is 6.61 Å². The van der Waals surface area contributed by atoms with E-state index in [-0.39, 0.29) is 18.4 Å². The van der Waals surface area contributed by atoms with Crippen LogP contribution in [0.3, 0.4) is 0 Å². The first-order valence-corrected chi connectivity index (χ1v) is 13.9. The fourth-order valence-corrected chi connectivity index (χ4v) is 4.46. The molecule has 3 aromatic rings. The van der Waals surface area contributed by atoms with Crippen LogP contribution >= 0.6 is 0 Å². The van der Waals surface area contributed by atoms with Gasteiger partial charge in [0.2, 0.25) is 11.8 Å². The van der Waals surface area contributed by atoms with Crippen LogP contribution in [0.2, 0.25) is 0 Å². The van der Waals surface area contributed by atoms with E-state index < -0.39 is 11.6 Å². The van der Waals surface area contributed by atoms with Gasteiger partial charge in [-0.15, -0.1) is 0 Å². The van der Waals surface area contributed by atoms with Gasteiger partial charge in [-0.25, -0.2) is 0 Å². The van der Waals surface area contributed by atoms with E-state index in [9.17, 15) is 9.59 Å². The topological polar surface area (TPSA) is 96.1 Å². The van der Waals surface area contributed by atoms with Crippen LogP contribution in [-0.2, 0) is 22.4 Å². The average molecular weight is 546 g/mol. The minimum Gasteiger partial charge on any atom is -0.493 e. The molecule has 1 atom stereocenters. The van der Waals surface area contributed by atoms with Crippen LogP contribution < -0.4 is 10.5 Å². The Morgan fingerprint density at radius 3 is 2.45 bits per heavy atom. The minimum atomic E-state index is -0.676. The summed E-state index contributed by atoms with van der Waals surface area (Å²) in [5.74, 6) is 0.388. The van der Waals surface area contributed by atoms with Gasteiger partial charge in [-0.1, -0.05) is 66.7 Å². The minimum absolute atomic E-state index is 0.0728. The summed E-state index contributed by atoms with van der Waals surface area (Å²) in [7, 11) is 3.46. The zero-order valence-corrected chi connectivity index (χ0v) is 24.2. The summed E-state index contributed by atoms with van der Waals surface area (Å²) in [4.78, 5) is 30.2. The number of amides is 2. The number of carbonyl (C=O) groups excluding carboxylic acids is 2. The Morgan fingerprint density at radius 2 is 1.73 bits per heavy atom. The number of rotatable bonds is 14. The number of carbonyl (C=O) groups is 2. The van der Waals surface area contributed by atoms with Crippen LogP contribution in [-0.4, -0.2) is 72.2 Å². The third-order valence-corrected chi connectivity index (χ3v) is 6.87. The average Bonchev–Trinajstić information content (AvgIpc) is 2.93. The summed E-state index contributed by atoms with van der Waals surface area (Å²) >= 11 is 0. The fourth-order valence-electron chi connectivity index (χ4n) is 4.46. The molecule has 0 saturated heterocycles. The highest BCUT2D eigenvalue weighted by Gasteiger charge is 2.29. The molecule has 7 nitrogen and oxygen atoms in total. The van der Waals surface area contributed by atoms with Crippen molar-refractivity contribution in [3.63, 3.8) is 0 Å². The molecule has 1 unspecified atom stereocenters. The van der Waals surface area contributed by atoms with Gasteiger partial charge in [-0.05, 0) is 60.7 Å². The van der Waals surface area contributed by atoms with E-state index in [1.165, 1.54) is 11.0 Å². The highest BCUT2D eigenvalue weighted by molar-refractivity contribution is 5.93. The quantitative estimate of drug-likeness (QED) is 0.232. The lowest BCUT2D eigenvalue weighted by Crippen LogP contribution is -2.49. The molecule has 40 heavy (non-hydrogen) atoms.